The largest absolute Gasteiger partial charge is 0.509 e. The summed E-state index contributed by atoms with van der Waals surface area (Å²) in [6, 6.07) is 0. The van der Waals surface area contributed by atoms with Gasteiger partial charge in [0.1, 0.15) is 11.9 Å². The molecule has 0 heterocycles. The third-order valence-electron chi connectivity index (χ3n) is 1.79. The van der Waals surface area contributed by atoms with Crippen LogP contribution in [-0.4, -0.2) is 24.1 Å². The van der Waals surface area contributed by atoms with Crippen LogP contribution in [-0.2, 0) is 35.7 Å². The quantitative estimate of drug-likeness (QED) is 0.634. The Morgan fingerprint density at radius 2 is 1.86 bits per heavy atom. The van der Waals surface area contributed by atoms with Crippen molar-refractivity contribution in [2.24, 2.45) is 5.41 Å². The summed E-state index contributed by atoms with van der Waals surface area (Å²) in [6.07, 6.45) is 0.806. The molecular formula is C10H18O3Zr. The predicted molar refractivity (Wildman–Crippen MR) is 51.6 cm³/mol. The number of hydrogen-bond acceptors (Lipinski definition) is 3. The summed E-state index contributed by atoms with van der Waals surface area (Å²) in [7, 11) is 1.48. The standard InChI is InChI=1S/C10H18O3.Zr/c1-7(13-5)8(11)6-9(12)10(2,3)4;/h6-7,11H,1-5H3;/b8-6-;. The molecule has 1 N–H and O–H groups in total. The fraction of sp³-hybridized carbons (Fsp3) is 0.700. The van der Waals surface area contributed by atoms with Gasteiger partial charge in [0.15, 0.2) is 5.78 Å². The van der Waals surface area contributed by atoms with Gasteiger partial charge in [-0.15, -0.1) is 0 Å². The zero-order valence-corrected chi connectivity index (χ0v) is 11.9. The first-order valence-electron chi connectivity index (χ1n) is 4.27. The van der Waals surface area contributed by atoms with Gasteiger partial charge in [-0.3, -0.25) is 4.79 Å². The van der Waals surface area contributed by atoms with Gasteiger partial charge in [-0.05, 0) is 6.92 Å². The number of methoxy groups -OCH3 is 1. The van der Waals surface area contributed by atoms with E-state index in [0.29, 0.717) is 0 Å². The molecule has 0 rings (SSSR count). The van der Waals surface area contributed by atoms with Crippen molar-refractivity contribution in [1.29, 1.82) is 0 Å². The minimum atomic E-state index is -0.457. The van der Waals surface area contributed by atoms with E-state index in [1.54, 1.807) is 27.7 Å². The SMILES string of the molecule is COC(C)/C(O)=C/C(=O)C(C)(C)C.[Zr]. The van der Waals surface area contributed by atoms with Crippen molar-refractivity contribution in [3.63, 3.8) is 0 Å². The average Bonchev–Trinajstić information content (AvgIpc) is 2.01. The molecule has 0 fully saturated rings. The number of aliphatic hydroxyl groups is 1. The monoisotopic (exact) mass is 276 g/mol. The molecule has 1 atom stereocenters. The van der Waals surface area contributed by atoms with Crippen molar-refractivity contribution in [2.75, 3.05) is 7.11 Å². The molecule has 0 bridgehead atoms. The summed E-state index contributed by atoms with van der Waals surface area (Å²) in [4.78, 5) is 11.4. The maximum atomic E-state index is 11.4. The van der Waals surface area contributed by atoms with E-state index in [9.17, 15) is 9.90 Å². The molecule has 14 heavy (non-hydrogen) atoms. The van der Waals surface area contributed by atoms with Crippen LogP contribution in [0.1, 0.15) is 27.7 Å². The van der Waals surface area contributed by atoms with E-state index in [4.69, 9.17) is 4.74 Å². The Bertz CT molecular complexity index is 216. The van der Waals surface area contributed by atoms with E-state index in [1.165, 1.54) is 13.2 Å². The van der Waals surface area contributed by atoms with E-state index < -0.39 is 11.5 Å². The fourth-order valence-electron chi connectivity index (χ4n) is 0.589. The van der Waals surface area contributed by atoms with Gasteiger partial charge < -0.3 is 9.84 Å². The second-order valence-electron chi connectivity index (χ2n) is 4.06. The third kappa shape index (κ3) is 5.71. The number of ketones is 1. The Hall–Kier alpha value is 0.0531. The first kappa shape index (κ1) is 16.5. The minimum absolute atomic E-state index is 0. The van der Waals surface area contributed by atoms with Crippen molar-refractivity contribution in [3.8, 4) is 0 Å². The number of ether oxygens (including phenoxy) is 1. The van der Waals surface area contributed by atoms with Gasteiger partial charge in [0.2, 0.25) is 0 Å². The van der Waals surface area contributed by atoms with Gasteiger partial charge in [-0.2, -0.15) is 0 Å². The van der Waals surface area contributed by atoms with Gasteiger partial charge in [0, 0.05) is 44.8 Å². The third-order valence-corrected chi connectivity index (χ3v) is 1.79. The molecule has 0 aliphatic carbocycles. The Kier molecular flexibility index (Phi) is 7.68. The van der Waals surface area contributed by atoms with Crippen molar-refractivity contribution in [3.05, 3.63) is 11.8 Å². The Morgan fingerprint density at radius 1 is 1.43 bits per heavy atom. The fourth-order valence-corrected chi connectivity index (χ4v) is 0.589. The summed E-state index contributed by atoms with van der Waals surface area (Å²) in [5.74, 6) is -0.128. The number of carbonyl (C=O) groups excluding carboxylic acids is 1. The summed E-state index contributed by atoms with van der Waals surface area (Å²) in [5.41, 5.74) is -0.457. The van der Waals surface area contributed by atoms with Gasteiger partial charge in [0.05, 0.1) is 0 Å². The Balaban J connectivity index is 0. The van der Waals surface area contributed by atoms with Crippen LogP contribution in [0.2, 0.25) is 0 Å². The van der Waals surface area contributed by atoms with Crippen molar-refractivity contribution in [1.82, 2.24) is 0 Å². The predicted octanol–water partition coefficient (Wildman–Crippen LogP) is 2.08. The molecule has 0 aromatic carbocycles. The summed E-state index contributed by atoms with van der Waals surface area (Å²) in [6.45, 7) is 7.09. The van der Waals surface area contributed by atoms with Gasteiger partial charge in [-0.25, -0.2) is 0 Å². The average molecular weight is 277 g/mol. The minimum Gasteiger partial charge on any atom is -0.509 e. The van der Waals surface area contributed by atoms with Crippen molar-refractivity contribution >= 4 is 5.78 Å². The molecule has 0 saturated heterocycles. The number of rotatable bonds is 3. The van der Waals surface area contributed by atoms with Crippen LogP contribution in [0.4, 0.5) is 0 Å². The maximum Gasteiger partial charge on any atom is 0.164 e. The molecule has 0 spiro atoms. The molecule has 0 aliphatic rings. The summed E-state index contributed by atoms with van der Waals surface area (Å²) >= 11 is 0. The maximum absolute atomic E-state index is 11.4. The topological polar surface area (TPSA) is 46.5 Å². The van der Waals surface area contributed by atoms with Gasteiger partial charge >= 0.3 is 0 Å². The first-order chi connectivity index (χ1) is 5.79. The van der Waals surface area contributed by atoms with E-state index in [0.717, 1.165) is 0 Å². The number of hydrogen-bond donors (Lipinski definition) is 1. The molecular weight excluding hydrogens is 259 g/mol. The second kappa shape index (κ2) is 6.52. The van der Waals surface area contributed by atoms with E-state index >= 15 is 0 Å². The number of carbonyl (C=O) groups is 1. The van der Waals surface area contributed by atoms with Crippen LogP contribution < -0.4 is 0 Å². The molecule has 4 heteroatoms. The van der Waals surface area contributed by atoms with Crippen LogP contribution in [0.25, 0.3) is 0 Å². The van der Waals surface area contributed by atoms with Crippen LogP contribution in [0.15, 0.2) is 11.8 Å². The normalized spacial score (nSPS) is 14.5. The molecule has 1 unspecified atom stereocenters. The number of aliphatic hydroxyl groups excluding tert-OH is 1. The van der Waals surface area contributed by atoms with E-state index in [1.807, 2.05) is 0 Å². The van der Waals surface area contributed by atoms with Crippen LogP contribution in [0.5, 0.6) is 0 Å². The van der Waals surface area contributed by atoms with E-state index in [2.05, 4.69) is 0 Å². The van der Waals surface area contributed by atoms with Crippen molar-refractivity contribution < 1.29 is 40.8 Å². The zero-order chi connectivity index (χ0) is 10.6. The van der Waals surface area contributed by atoms with Gasteiger partial charge in [-0.1, -0.05) is 20.8 Å². The Morgan fingerprint density at radius 3 is 2.14 bits per heavy atom. The molecule has 0 aliphatic heterocycles. The van der Waals surface area contributed by atoms with Crippen LogP contribution in [0.3, 0.4) is 0 Å². The molecule has 80 valence electrons. The smallest absolute Gasteiger partial charge is 0.164 e. The second-order valence-corrected chi connectivity index (χ2v) is 4.06. The summed E-state index contributed by atoms with van der Waals surface area (Å²) < 4.78 is 4.85. The molecule has 3 nitrogen and oxygen atoms in total. The van der Waals surface area contributed by atoms with Gasteiger partial charge in [0.25, 0.3) is 0 Å². The molecule has 0 aromatic rings. The molecule has 0 aromatic heterocycles. The number of allylic oxidation sites excluding steroid dienone is 1. The van der Waals surface area contributed by atoms with Crippen LogP contribution >= 0.6 is 0 Å². The van der Waals surface area contributed by atoms with Crippen LogP contribution in [0, 0.1) is 5.41 Å². The summed E-state index contributed by atoms with van der Waals surface area (Å²) in [5, 5.41) is 9.37. The molecule has 0 amide bonds. The first-order valence-corrected chi connectivity index (χ1v) is 4.27. The molecule has 0 saturated carbocycles. The van der Waals surface area contributed by atoms with E-state index in [-0.39, 0.29) is 37.7 Å². The van der Waals surface area contributed by atoms with Crippen molar-refractivity contribution in [2.45, 2.75) is 33.8 Å². The Labute approximate surface area is 105 Å². The zero-order valence-electron chi connectivity index (χ0n) is 9.42. The molecule has 0 radical (unpaired) electrons.